The van der Waals surface area contributed by atoms with Crippen LogP contribution in [-0.2, 0) is 11.3 Å². The second kappa shape index (κ2) is 13.0. The molecule has 0 atom stereocenters. The Morgan fingerprint density at radius 1 is 0.811 bits per heavy atom. The lowest BCUT2D eigenvalue weighted by Gasteiger charge is -2.29. The minimum atomic E-state index is -0.822. The van der Waals surface area contributed by atoms with E-state index >= 15 is 8.78 Å². The van der Waals surface area contributed by atoms with Crippen molar-refractivity contribution < 1.29 is 27.4 Å². The Hall–Kier alpha value is -2.99. The molecule has 4 rings (SSSR count). The van der Waals surface area contributed by atoms with Gasteiger partial charge in [-0.15, -0.1) is 0 Å². The Balaban J connectivity index is 1.37. The highest BCUT2D eigenvalue weighted by Crippen LogP contribution is 2.38. The molecule has 0 spiro atoms. The third-order valence-corrected chi connectivity index (χ3v) is 6.94. The standard InChI is InChI=1S/C31H35F3O3/c1-3-5-18-36-24-11-7-22(8-12-24)26-15-16-27(31(34)30(26)33)23-9-13-25(14-10-23)37-20-21-6-17-29(35-4-2)28(32)19-21/h6,9-10,13-17,19,22,24H,3-5,7-8,11-12,18,20H2,1-2H3. The van der Waals surface area contributed by atoms with Gasteiger partial charge in [-0.05, 0) is 85.9 Å². The van der Waals surface area contributed by atoms with Gasteiger partial charge in [-0.3, -0.25) is 0 Å². The van der Waals surface area contributed by atoms with E-state index in [9.17, 15) is 4.39 Å². The zero-order valence-electron chi connectivity index (χ0n) is 21.6. The van der Waals surface area contributed by atoms with Crippen LogP contribution in [0.15, 0.2) is 54.6 Å². The second-order valence-corrected chi connectivity index (χ2v) is 9.54. The maximum absolute atomic E-state index is 15.1. The van der Waals surface area contributed by atoms with Crippen LogP contribution in [0.1, 0.15) is 69.4 Å². The topological polar surface area (TPSA) is 27.7 Å². The van der Waals surface area contributed by atoms with Gasteiger partial charge in [0.2, 0.25) is 0 Å². The molecule has 0 amide bonds. The summed E-state index contributed by atoms with van der Waals surface area (Å²) in [6.45, 7) is 5.27. The molecular formula is C31H35F3O3. The molecular weight excluding hydrogens is 477 g/mol. The zero-order valence-corrected chi connectivity index (χ0v) is 21.6. The predicted octanol–water partition coefficient (Wildman–Crippen LogP) is 8.59. The van der Waals surface area contributed by atoms with Crippen molar-refractivity contribution in [1.82, 2.24) is 0 Å². The van der Waals surface area contributed by atoms with Crippen LogP contribution < -0.4 is 9.47 Å². The van der Waals surface area contributed by atoms with Crippen molar-refractivity contribution in [1.29, 1.82) is 0 Å². The molecule has 0 N–H and O–H groups in total. The smallest absolute Gasteiger partial charge is 0.166 e. The summed E-state index contributed by atoms with van der Waals surface area (Å²) in [6.07, 6.45) is 5.74. The van der Waals surface area contributed by atoms with E-state index in [0.29, 0.717) is 29.0 Å². The van der Waals surface area contributed by atoms with Crippen molar-refractivity contribution in [2.24, 2.45) is 0 Å². The minimum Gasteiger partial charge on any atom is -0.491 e. The summed E-state index contributed by atoms with van der Waals surface area (Å²) in [4.78, 5) is 0. The highest BCUT2D eigenvalue weighted by atomic mass is 19.2. The van der Waals surface area contributed by atoms with Crippen molar-refractivity contribution in [2.75, 3.05) is 13.2 Å². The largest absolute Gasteiger partial charge is 0.491 e. The first-order valence-corrected chi connectivity index (χ1v) is 13.2. The van der Waals surface area contributed by atoms with Crippen molar-refractivity contribution in [3.63, 3.8) is 0 Å². The van der Waals surface area contributed by atoms with Crippen molar-refractivity contribution in [2.45, 2.75) is 71.0 Å². The molecule has 1 fully saturated rings. The molecule has 1 aliphatic carbocycles. The molecule has 0 unspecified atom stereocenters. The van der Waals surface area contributed by atoms with E-state index in [0.717, 1.165) is 45.1 Å². The van der Waals surface area contributed by atoms with E-state index in [1.54, 1.807) is 55.5 Å². The third-order valence-electron chi connectivity index (χ3n) is 6.94. The van der Waals surface area contributed by atoms with Crippen LogP contribution in [0.5, 0.6) is 11.5 Å². The van der Waals surface area contributed by atoms with Gasteiger partial charge >= 0.3 is 0 Å². The SMILES string of the molecule is CCCCOC1CCC(c2ccc(-c3ccc(OCc4ccc(OCC)c(F)c4)cc3)c(F)c2F)CC1. The van der Waals surface area contributed by atoms with Crippen LogP contribution in [0, 0.1) is 17.5 Å². The number of unbranched alkanes of at least 4 members (excludes halogenated alkanes) is 1. The van der Waals surface area contributed by atoms with Crippen LogP contribution in [0.25, 0.3) is 11.1 Å². The lowest BCUT2D eigenvalue weighted by molar-refractivity contribution is 0.0230. The summed E-state index contributed by atoms with van der Waals surface area (Å²) in [7, 11) is 0. The average molecular weight is 513 g/mol. The van der Waals surface area contributed by atoms with Crippen molar-refractivity contribution >= 4 is 0 Å². The molecule has 0 bridgehead atoms. The molecule has 6 heteroatoms. The molecule has 3 aromatic carbocycles. The Morgan fingerprint density at radius 3 is 2.24 bits per heavy atom. The molecule has 3 aromatic rings. The first-order valence-electron chi connectivity index (χ1n) is 13.2. The van der Waals surface area contributed by atoms with Crippen molar-refractivity contribution in [3.05, 3.63) is 83.2 Å². The van der Waals surface area contributed by atoms with E-state index in [4.69, 9.17) is 14.2 Å². The first kappa shape index (κ1) is 27.1. The lowest BCUT2D eigenvalue weighted by atomic mass is 9.82. The molecule has 1 aliphatic rings. The van der Waals surface area contributed by atoms with Gasteiger partial charge < -0.3 is 14.2 Å². The number of hydrogen-bond acceptors (Lipinski definition) is 3. The molecule has 0 saturated heterocycles. The van der Waals surface area contributed by atoms with E-state index in [1.807, 2.05) is 0 Å². The number of ether oxygens (including phenoxy) is 3. The van der Waals surface area contributed by atoms with Gasteiger partial charge in [0.15, 0.2) is 23.2 Å². The molecule has 1 saturated carbocycles. The fraction of sp³-hybridized carbons (Fsp3) is 0.419. The fourth-order valence-electron chi connectivity index (χ4n) is 4.84. The highest BCUT2D eigenvalue weighted by molar-refractivity contribution is 5.65. The Labute approximate surface area is 217 Å². The minimum absolute atomic E-state index is 0.0118. The van der Waals surface area contributed by atoms with Crippen LogP contribution in [0.4, 0.5) is 13.2 Å². The normalized spacial score (nSPS) is 17.5. The third kappa shape index (κ3) is 6.86. The van der Waals surface area contributed by atoms with E-state index < -0.39 is 17.5 Å². The lowest BCUT2D eigenvalue weighted by Crippen LogP contribution is -2.22. The Bertz CT molecular complexity index is 1160. The number of benzene rings is 3. The van der Waals surface area contributed by atoms with Gasteiger partial charge in [0.25, 0.3) is 0 Å². The number of halogens is 3. The Morgan fingerprint density at radius 2 is 1.57 bits per heavy atom. The van der Waals surface area contributed by atoms with Gasteiger partial charge in [-0.2, -0.15) is 0 Å². The van der Waals surface area contributed by atoms with Crippen molar-refractivity contribution in [3.8, 4) is 22.6 Å². The van der Waals surface area contributed by atoms with E-state index in [-0.39, 0.29) is 29.9 Å². The predicted molar refractivity (Wildman–Crippen MR) is 140 cm³/mol. The number of hydrogen-bond donors (Lipinski definition) is 0. The van der Waals surface area contributed by atoms with E-state index in [1.165, 1.54) is 6.07 Å². The summed E-state index contributed by atoms with van der Waals surface area (Å²) in [6, 6.07) is 14.9. The van der Waals surface area contributed by atoms with Gasteiger partial charge in [-0.1, -0.05) is 43.7 Å². The van der Waals surface area contributed by atoms with Crippen LogP contribution >= 0.6 is 0 Å². The quantitative estimate of drug-likeness (QED) is 0.241. The summed E-state index contributed by atoms with van der Waals surface area (Å²) in [5.41, 5.74) is 1.90. The first-order chi connectivity index (χ1) is 18.0. The van der Waals surface area contributed by atoms with Gasteiger partial charge in [0, 0.05) is 12.2 Å². The van der Waals surface area contributed by atoms with Crippen LogP contribution in [0.3, 0.4) is 0 Å². The molecule has 0 aromatic heterocycles. The maximum atomic E-state index is 15.1. The average Bonchev–Trinajstić information content (AvgIpc) is 2.91. The summed E-state index contributed by atoms with van der Waals surface area (Å²) in [5.74, 6) is -1.25. The van der Waals surface area contributed by atoms with E-state index in [2.05, 4.69) is 6.92 Å². The van der Waals surface area contributed by atoms with Gasteiger partial charge in [0.1, 0.15) is 12.4 Å². The molecule has 198 valence electrons. The Kier molecular flexibility index (Phi) is 9.51. The molecule has 0 radical (unpaired) electrons. The summed E-state index contributed by atoms with van der Waals surface area (Å²) < 4.78 is 61.1. The highest BCUT2D eigenvalue weighted by Gasteiger charge is 2.27. The molecule has 0 heterocycles. The maximum Gasteiger partial charge on any atom is 0.166 e. The summed E-state index contributed by atoms with van der Waals surface area (Å²) >= 11 is 0. The van der Waals surface area contributed by atoms with Gasteiger partial charge in [-0.25, -0.2) is 13.2 Å². The van der Waals surface area contributed by atoms with Crippen LogP contribution in [0.2, 0.25) is 0 Å². The van der Waals surface area contributed by atoms with Crippen LogP contribution in [-0.4, -0.2) is 19.3 Å². The number of rotatable bonds is 11. The fourth-order valence-corrected chi connectivity index (χ4v) is 4.84. The second-order valence-electron chi connectivity index (χ2n) is 9.54. The monoisotopic (exact) mass is 512 g/mol. The molecule has 0 aliphatic heterocycles. The summed E-state index contributed by atoms with van der Waals surface area (Å²) in [5, 5.41) is 0. The molecule has 3 nitrogen and oxygen atoms in total. The molecule has 37 heavy (non-hydrogen) atoms. The zero-order chi connectivity index (χ0) is 26.2. The van der Waals surface area contributed by atoms with Gasteiger partial charge in [0.05, 0.1) is 12.7 Å².